The summed E-state index contributed by atoms with van der Waals surface area (Å²) in [7, 11) is 0. The first kappa shape index (κ1) is 12.0. The quantitative estimate of drug-likeness (QED) is 0.932. The van der Waals surface area contributed by atoms with Crippen molar-refractivity contribution in [2.45, 2.75) is 6.42 Å². The van der Waals surface area contributed by atoms with E-state index in [-0.39, 0.29) is 5.89 Å². The molecular formula is C11H8Cl2N2O2. The molecule has 0 aliphatic heterocycles. The number of amides is 1. The number of oxazole rings is 1. The van der Waals surface area contributed by atoms with E-state index < -0.39 is 5.91 Å². The van der Waals surface area contributed by atoms with Crippen LogP contribution >= 0.6 is 23.2 Å². The van der Waals surface area contributed by atoms with Gasteiger partial charge in [0.2, 0.25) is 0 Å². The van der Waals surface area contributed by atoms with Crippen LogP contribution < -0.4 is 5.73 Å². The highest BCUT2D eigenvalue weighted by atomic mass is 35.5. The first-order chi connectivity index (χ1) is 8.06. The second-order valence-electron chi connectivity index (χ2n) is 3.42. The molecule has 2 rings (SSSR count). The highest BCUT2D eigenvalue weighted by Gasteiger charge is 2.10. The Morgan fingerprint density at radius 3 is 2.71 bits per heavy atom. The molecule has 0 unspecified atom stereocenters. The largest absolute Gasteiger partial charge is 0.437 e. The van der Waals surface area contributed by atoms with Gasteiger partial charge in [0.05, 0.1) is 16.2 Å². The van der Waals surface area contributed by atoms with E-state index in [0.717, 1.165) is 5.56 Å². The molecule has 2 N–H and O–H groups in total. The van der Waals surface area contributed by atoms with E-state index in [1.165, 1.54) is 6.20 Å². The summed E-state index contributed by atoms with van der Waals surface area (Å²) in [5.74, 6) is -0.248. The predicted octanol–water partition coefficient (Wildman–Crippen LogP) is 2.67. The molecular weight excluding hydrogens is 263 g/mol. The van der Waals surface area contributed by atoms with Crippen molar-refractivity contribution in [3.63, 3.8) is 0 Å². The van der Waals surface area contributed by atoms with E-state index in [1.807, 2.05) is 6.07 Å². The zero-order valence-corrected chi connectivity index (χ0v) is 10.1. The van der Waals surface area contributed by atoms with Crippen LogP contribution in [0.25, 0.3) is 0 Å². The van der Waals surface area contributed by atoms with Gasteiger partial charge in [-0.25, -0.2) is 4.98 Å². The lowest BCUT2D eigenvalue weighted by Crippen LogP contribution is -2.10. The number of carbonyl (C=O) groups excluding carboxylic acids is 1. The fraction of sp³-hybridized carbons (Fsp3) is 0.0909. The Labute approximate surface area is 107 Å². The van der Waals surface area contributed by atoms with Crippen molar-refractivity contribution in [3.05, 3.63) is 51.7 Å². The lowest BCUT2D eigenvalue weighted by molar-refractivity contribution is 0.0965. The van der Waals surface area contributed by atoms with E-state index in [0.29, 0.717) is 22.2 Å². The number of nitrogens with two attached hydrogens (primary N) is 1. The van der Waals surface area contributed by atoms with Crippen LogP contribution in [0.2, 0.25) is 10.0 Å². The summed E-state index contributed by atoms with van der Waals surface area (Å²) in [4.78, 5) is 14.5. The lowest BCUT2D eigenvalue weighted by Gasteiger charge is -2.00. The molecule has 0 saturated carbocycles. The summed E-state index contributed by atoms with van der Waals surface area (Å²) in [5, 5.41) is 0.963. The Morgan fingerprint density at radius 2 is 2.12 bits per heavy atom. The van der Waals surface area contributed by atoms with Gasteiger partial charge in [0.15, 0.2) is 0 Å². The highest BCUT2D eigenvalue weighted by molar-refractivity contribution is 6.42. The molecule has 17 heavy (non-hydrogen) atoms. The Bertz CT molecular complexity index is 566. The number of aromatic nitrogens is 1. The molecule has 0 aliphatic carbocycles. The molecule has 88 valence electrons. The van der Waals surface area contributed by atoms with Crippen molar-refractivity contribution < 1.29 is 9.21 Å². The zero-order valence-electron chi connectivity index (χ0n) is 8.61. The third-order valence-electron chi connectivity index (χ3n) is 2.13. The second-order valence-corrected chi connectivity index (χ2v) is 4.24. The molecule has 4 nitrogen and oxygen atoms in total. The maximum Gasteiger partial charge on any atom is 0.304 e. The fourth-order valence-corrected chi connectivity index (χ4v) is 1.67. The summed E-state index contributed by atoms with van der Waals surface area (Å²) >= 11 is 11.7. The standard InChI is InChI=1S/C11H8Cl2N2O2/c12-8-2-1-6(4-9(8)13)3-7-5-15-11(17-7)10(14)16/h1-2,4-5H,3H2,(H2,14,16). The predicted molar refractivity (Wildman–Crippen MR) is 64.3 cm³/mol. The van der Waals surface area contributed by atoms with E-state index >= 15 is 0 Å². The fourth-order valence-electron chi connectivity index (χ4n) is 1.35. The number of benzene rings is 1. The molecule has 0 bridgehead atoms. The number of nitrogens with zero attached hydrogens (tertiary/aromatic N) is 1. The third-order valence-corrected chi connectivity index (χ3v) is 2.87. The highest BCUT2D eigenvalue weighted by Crippen LogP contribution is 2.23. The summed E-state index contributed by atoms with van der Waals surface area (Å²) in [6.45, 7) is 0. The van der Waals surface area contributed by atoms with Gasteiger partial charge >= 0.3 is 5.91 Å². The minimum absolute atomic E-state index is 0.0972. The molecule has 0 aliphatic rings. The van der Waals surface area contributed by atoms with Crippen molar-refractivity contribution in [1.29, 1.82) is 0 Å². The number of carbonyl (C=O) groups is 1. The van der Waals surface area contributed by atoms with Crippen LogP contribution in [0.1, 0.15) is 22.0 Å². The maximum atomic E-state index is 10.8. The van der Waals surface area contributed by atoms with Crippen LogP contribution in [-0.2, 0) is 6.42 Å². The summed E-state index contributed by atoms with van der Waals surface area (Å²) in [6, 6.07) is 5.25. The monoisotopic (exact) mass is 270 g/mol. The van der Waals surface area contributed by atoms with Crippen LogP contribution in [0.4, 0.5) is 0 Å². The maximum absolute atomic E-state index is 10.8. The van der Waals surface area contributed by atoms with Crippen LogP contribution in [0.15, 0.2) is 28.8 Å². The van der Waals surface area contributed by atoms with Crippen molar-refractivity contribution in [1.82, 2.24) is 4.98 Å². The van der Waals surface area contributed by atoms with Gasteiger partial charge in [0, 0.05) is 6.42 Å². The van der Waals surface area contributed by atoms with Crippen LogP contribution in [0, 0.1) is 0 Å². The van der Waals surface area contributed by atoms with E-state index in [9.17, 15) is 4.79 Å². The van der Waals surface area contributed by atoms with Crippen molar-refractivity contribution >= 4 is 29.1 Å². The molecule has 0 spiro atoms. The van der Waals surface area contributed by atoms with E-state index in [1.54, 1.807) is 12.1 Å². The molecule has 1 aromatic heterocycles. The zero-order chi connectivity index (χ0) is 12.4. The van der Waals surface area contributed by atoms with Crippen LogP contribution in [0.5, 0.6) is 0 Å². The number of hydrogen-bond acceptors (Lipinski definition) is 3. The first-order valence-electron chi connectivity index (χ1n) is 4.74. The SMILES string of the molecule is NC(=O)c1ncc(Cc2ccc(Cl)c(Cl)c2)o1. The summed E-state index contributed by atoms with van der Waals surface area (Å²) < 4.78 is 5.16. The molecule has 1 heterocycles. The summed E-state index contributed by atoms with van der Waals surface area (Å²) in [5.41, 5.74) is 5.94. The lowest BCUT2D eigenvalue weighted by atomic mass is 10.1. The normalized spacial score (nSPS) is 10.5. The number of hydrogen-bond donors (Lipinski definition) is 1. The Morgan fingerprint density at radius 1 is 1.35 bits per heavy atom. The van der Waals surface area contributed by atoms with Gasteiger partial charge in [-0.2, -0.15) is 0 Å². The Balaban J connectivity index is 2.19. The van der Waals surface area contributed by atoms with Gasteiger partial charge in [0.25, 0.3) is 5.89 Å². The summed E-state index contributed by atoms with van der Waals surface area (Å²) in [6.07, 6.45) is 1.93. The van der Waals surface area contributed by atoms with Gasteiger partial charge < -0.3 is 10.2 Å². The van der Waals surface area contributed by atoms with Gasteiger partial charge in [-0.3, -0.25) is 4.79 Å². The third kappa shape index (κ3) is 2.78. The first-order valence-corrected chi connectivity index (χ1v) is 5.50. The van der Waals surface area contributed by atoms with E-state index in [2.05, 4.69) is 4.98 Å². The topological polar surface area (TPSA) is 69.1 Å². The van der Waals surface area contributed by atoms with Crippen molar-refractivity contribution in [2.24, 2.45) is 5.73 Å². The second kappa shape index (κ2) is 4.77. The molecule has 1 amide bonds. The van der Waals surface area contributed by atoms with Gasteiger partial charge in [-0.05, 0) is 17.7 Å². The molecule has 0 radical (unpaired) electrons. The Hall–Kier alpha value is -1.52. The minimum atomic E-state index is -0.689. The van der Waals surface area contributed by atoms with Gasteiger partial charge in [-0.1, -0.05) is 29.3 Å². The minimum Gasteiger partial charge on any atom is -0.437 e. The van der Waals surface area contributed by atoms with Gasteiger partial charge in [-0.15, -0.1) is 0 Å². The number of halogens is 2. The Kier molecular flexibility index (Phi) is 3.36. The molecule has 0 atom stereocenters. The number of primary amides is 1. The average Bonchev–Trinajstić information content (AvgIpc) is 2.72. The van der Waals surface area contributed by atoms with E-state index in [4.69, 9.17) is 33.4 Å². The molecule has 0 saturated heterocycles. The average molecular weight is 271 g/mol. The van der Waals surface area contributed by atoms with Gasteiger partial charge in [0.1, 0.15) is 5.76 Å². The molecule has 2 aromatic rings. The molecule has 0 fully saturated rings. The van der Waals surface area contributed by atoms with Crippen LogP contribution in [0.3, 0.4) is 0 Å². The van der Waals surface area contributed by atoms with Crippen molar-refractivity contribution in [2.75, 3.05) is 0 Å². The van der Waals surface area contributed by atoms with Crippen LogP contribution in [-0.4, -0.2) is 10.9 Å². The number of rotatable bonds is 3. The smallest absolute Gasteiger partial charge is 0.304 e. The molecule has 6 heteroatoms. The van der Waals surface area contributed by atoms with Crippen molar-refractivity contribution in [3.8, 4) is 0 Å². The molecule has 1 aromatic carbocycles.